The van der Waals surface area contributed by atoms with Crippen molar-refractivity contribution in [2.45, 2.75) is 0 Å². The zero-order valence-corrected chi connectivity index (χ0v) is 9.97. The van der Waals surface area contributed by atoms with E-state index < -0.39 is 11.7 Å². The van der Waals surface area contributed by atoms with Crippen LogP contribution in [0.5, 0.6) is 0 Å². The van der Waals surface area contributed by atoms with Crippen molar-refractivity contribution in [1.29, 1.82) is 0 Å². The van der Waals surface area contributed by atoms with Gasteiger partial charge in [-0.15, -0.1) is 0 Å². The molecule has 1 aromatic carbocycles. The maximum atomic E-state index is 13.1. The van der Waals surface area contributed by atoms with Gasteiger partial charge in [0.1, 0.15) is 11.5 Å². The number of ketones is 1. The quantitative estimate of drug-likeness (QED) is 0.802. The van der Waals surface area contributed by atoms with Gasteiger partial charge in [0.05, 0.1) is 6.54 Å². The standard InChI is InChI=1S/C13H12FN3O2/c14-10-4-1-3-9(7-10)13(19)11-5-2-6-17(11)16-12(18)8-15/h1-7H,8,15H2,(H,16,18). The third-order valence-electron chi connectivity index (χ3n) is 2.50. The minimum atomic E-state index is -0.491. The van der Waals surface area contributed by atoms with Gasteiger partial charge in [-0.25, -0.2) is 4.39 Å². The minimum Gasteiger partial charge on any atom is -0.322 e. The Morgan fingerprint density at radius 2 is 2.05 bits per heavy atom. The molecule has 1 aromatic heterocycles. The molecule has 1 heterocycles. The summed E-state index contributed by atoms with van der Waals surface area (Å²) in [6.45, 7) is -0.189. The van der Waals surface area contributed by atoms with E-state index in [1.165, 1.54) is 35.1 Å². The highest BCUT2D eigenvalue weighted by atomic mass is 19.1. The Balaban J connectivity index is 2.30. The van der Waals surface area contributed by atoms with Gasteiger partial charge in [-0.2, -0.15) is 0 Å². The normalized spacial score (nSPS) is 10.2. The maximum Gasteiger partial charge on any atom is 0.252 e. The molecule has 98 valence electrons. The predicted octanol–water partition coefficient (Wildman–Crippen LogP) is 0.887. The van der Waals surface area contributed by atoms with E-state index in [9.17, 15) is 14.0 Å². The van der Waals surface area contributed by atoms with Crippen molar-refractivity contribution in [3.05, 3.63) is 59.7 Å². The molecule has 0 radical (unpaired) electrons. The van der Waals surface area contributed by atoms with Crippen LogP contribution in [0.15, 0.2) is 42.6 Å². The van der Waals surface area contributed by atoms with E-state index in [2.05, 4.69) is 5.43 Å². The summed E-state index contributed by atoms with van der Waals surface area (Å²) in [5.74, 6) is -1.30. The van der Waals surface area contributed by atoms with Gasteiger partial charge in [0.15, 0.2) is 0 Å². The van der Waals surface area contributed by atoms with Crippen LogP contribution in [0.25, 0.3) is 0 Å². The van der Waals surface area contributed by atoms with Crippen LogP contribution in [0.2, 0.25) is 0 Å². The third kappa shape index (κ3) is 2.86. The Bertz CT molecular complexity index is 622. The van der Waals surface area contributed by atoms with Crippen LogP contribution >= 0.6 is 0 Å². The molecule has 3 N–H and O–H groups in total. The molecule has 5 nitrogen and oxygen atoms in total. The zero-order valence-electron chi connectivity index (χ0n) is 9.97. The maximum absolute atomic E-state index is 13.1. The van der Waals surface area contributed by atoms with E-state index in [1.54, 1.807) is 6.07 Å². The molecule has 19 heavy (non-hydrogen) atoms. The van der Waals surface area contributed by atoms with E-state index >= 15 is 0 Å². The van der Waals surface area contributed by atoms with Crippen LogP contribution in [0.4, 0.5) is 4.39 Å². The predicted molar refractivity (Wildman–Crippen MR) is 67.7 cm³/mol. The summed E-state index contributed by atoms with van der Waals surface area (Å²) >= 11 is 0. The summed E-state index contributed by atoms with van der Waals surface area (Å²) in [7, 11) is 0. The number of carbonyl (C=O) groups excluding carboxylic acids is 2. The molecular formula is C13H12FN3O2. The van der Waals surface area contributed by atoms with Crippen LogP contribution in [0.3, 0.4) is 0 Å². The summed E-state index contributed by atoms with van der Waals surface area (Å²) in [5.41, 5.74) is 8.07. The smallest absolute Gasteiger partial charge is 0.252 e. The lowest BCUT2D eigenvalue weighted by atomic mass is 10.1. The summed E-state index contributed by atoms with van der Waals surface area (Å²) < 4.78 is 14.4. The fourth-order valence-electron chi connectivity index (χ4n) is 1.62. The number of amides is 1. The molecule has 0 fully saturated rings. The van der Waals surface area contributed by atoms with Crippen molar-refractivity contribution in [3.8, 4) is 0 Å². The van der Waals surface area contributed by atoms with Gasteiger partial charge in [0.2, 0.25) is 5.78 Å². The van der Waals surface area contributed by atoms with Gasteiger partial charge < -0.3 is 5.73 Å². The van der Waals surface area contributed by atoms with Crippen molar-refractivity contribution in [2.75, 3.05) is 12.0 Å². The SMILES string of the molecule is NCC(=O)Nn1cccc1C(=O)c1cccc(F)c1. The fourth-order valence-corrected chi connectivity index (χ4v) is 1.62. The van der Waals surface area contributed by atoms with Gasteiger partial charge in [-0.1, -0.05) is 12.1 Å². The summed E-state index contributed by atoms with van der Waals surface area (Å²) in [4.78, 5) is 23.4. The average Bonchev–Trinajstić information content (AvgIpc) is 2.85. The van der Waals surface area contributed by atoms with Crippen LogP contribution in [0.1, 0.15) is 16.1 Å². The van der Waals surface area contributed by atoms with Crippen molar-refractivity contribution in [3.63, 3.8) is 0 Å². The number of carbonyl (C=O) groups is 2. The van der Waals surface area contributed by atoms with Crippen LogP contribution in [-0.4, -0.2) is 22.9 Å². The highest BCUT2D eigenvalue weighted by Gasteiger charge is 2.14. The number of benzene rings is 1. The van der Waals surface area contributed by atoms with Gasteiger partial charge in [-0.3, -0.25) is 19.7 Å². The minimum absolute atomic E-state index is 0.189. The number of halogens is 1. The van der Waals surface area contributed by atoms with E-state index in [1.807, 2.05) is 0 Å². The molecule has 6 heteroatoms. The molecule has 0 saturated carbocycles. The van der Waals surface area contributed by atoms with Crippen molar-refractivity contribution < 1.29 is 14.0 Å². The van der Waals surface area contributed by atoms with Gasteiger partial charge in [0, 0.05) is 11.8 Å². The summed E-state index contributed by atoms with van der Waals surface area (Å²) in [6, 6.07) is 8.49. The first-order chi connectivity index (χ1) is 9.11. The largest absolute Gasteiger partial charge is 0.322 e. The lowest BCUT2D eigenvalue weighted by Gasteiger charge is -2.09. The highest BCUT2D eigenvalue weighted by Crippen LogP contribution is 2.11. The van der Waals surface area contributed by atoms with E-state index in [4.69, 9.17) is 5.73 Å². The third-order valence-corrected chi connectivity index (χ3v) is 2.50. The van der Waals surface area contributed by atoms with Gasteiger partial charge in [-0.05, 0) is 24.3 Å². The van der Waals surface area contributed by atoms with Crippen molar-refractivity contribution in [2.24, 2.45) is 5.73 Å². The first-order valence-corrected chi connectivity index (χ1v) is 5.59. The molecule has 0 aliphatic carbocycles. The van der Waals surface area contributed by atoms with Crippen molar-refractivity contribution in [1.82, 2.24) is 4.68 Å². The second kappa shape index (κ2) is 5.45. The summed E-state index contributed by atoms with van der Waals surface area (Å²) in [6.07, 6.45) is 1.51. The Hall–Kier alpha value is -2.47. The lowest BCUT2D eigenvalue weighted by Crippen LogP contribution is -2.30. The molecule has 0 aliphatic heterocycles. The Kier molecular flexibility index (Phi) is 3.72. The number of hydrogen-bond donors (Lipinski definition) is 2. The zero-order chi connectivity index (χ0) is 13.8. The molecular weight excluding hydrogens is 249 g/mol. The van der Waals surface area contributed by atoms with Crippen molar-refractivity contribution >= 4 is 11.7 Å². The second-order valence-electron chi connectivity index (χ2n) is 3.84. The number of aromatic nitrogens is 1. The lowest BCUT2D eigenvalue weighted by molar-refractivity contribution is -0.115. The van der Waals surface area contributed by atoms with Crippen LogP contribution in [0, 0.1) is 5.82 Å². The molecule has 2 aromatic rings. The fraction of sp³-hybridized carbons (Fsp3) is 0.0769. The number of hydrogen-bond acceptors (Lipinski definition) is 3. The first kappa shape index (κ1) is 13.0. The molecule has 0 spiro atoms. The van der Waals surface area contributed by atoms with Crippen LogP contribution in [-0.2, 0) is 4.79 Å². The van der Waals surface area contributed by atoms with E-state index in [0.717, 1.165) is 6.07 Å². The molecule has 1 amide bonds. The second-order valence-corrected chi connectivity index (χ2v) is 3.84. The molecule has 0 saturated heterocycles. The number of nitrogens with zero attached hydrogens (tertiary/aromatic N) is 1. The first-order valence-electron chi connectivity index (χ1n) is 5.59. The van der Waals surface area contributed by atoms with Gasteiger partial charge in [0.25, 0.3) is 5.91 Å². The molecule has 0 atom stereocenters. The summed E-state index contributed by atoms with van der Waals surface area (Å²) in [5, 5.41) is 0. The number of rotatable bonds is 4. The average molecular weight is 261 g/mol. The highest BCUT2D eigenvalue weighted by molar-refractivity contribution is 6.08. The number of nitrogens with two attached hydrogens (primary N) is 1. The Labute approximate surface area is 108 Å². The van der Waals surface area contributed by atoms with Gasteiger partial charge >= 0.3 is 0 Å². The van der Waals surface area contributed by atoms with E-state index in [-0.39, 0.29) is 23.6 Å². The molecule has 0 unspecified atom stereocenters. The van der Waals surface area contributed by atoms with Crippen LogP contribution < -0.4 is 11.2 Å². The number of nitrogens with one attached hydrogen (secondary N) is 1. The monoisotopic (exact) mass is 261 g/mol. The van der Waals surface area contributed by atoms with E-state index in [0.29, 0.717) is 0 Å². The topological polar surface area (TPSA) is 77.1 Å². The Morgan fingerprint density at radius 3 is 2.74 bits per heavy atom. The molecule has 0 bridgehead atoms. The Morgan fingerprint density at radius 1 is 1.26 bits per heavy atom. The molecule has 2 rings (SSSR count). The molecule has 0 aliphatic rings.